The van der Waals surface area contributed by atoms with Crippen LogP contribution in [0.5, 0.6) is 0 Å². The van der Waals surface area contributed by atoms with Crippen LogP contribution < -0.4 is 4.90 Å². The Morgan fingerprint density at radius 3 is 1.71 bits per heavy atom. The Hall–Kier alpha value is -5.08. The molecule has 0 unspecified atom stereocenters. The van der Waals surface area contributed by atoms with Gasteiger partial charge in [0.25, 0.3) is 0 Å². The van der Waals surface area contributed by atoms with E-state index in [1.165, 1.54) is 82.0 Å². The molecule has 0 aliphatic heterocycles. The number of fused-ring (bicyclic) bond motifs is 3. The Kier molecular flexibility index (Phi) is 7.68. The number of nitrogens with zero attached hydrogens (tertiary/aromatic N) is 2. The molecule has 2 heteroatoms. The molecule has 48 heavy (non-hydrogen) atoms. The minimum Gasteiger partial charge on any atom is -0.310 e. The van der Waals surface area contributed by atoms with E-state index in [4.69, 9.17) is 0 Å². The third-order valence-electron chi connectivity index (χ3n) is 10.6. The topological polar surface area (TPSA) is 8.17 Å². The summed E-state index contributed by atoms with van der Waals surface area (Å²) in [6.45, 7) is 6.84. The second-order valence-corrected chi connectivity index (χ2v) is 14.6. The van der Waals surface area contributed by atoms with E-state index in [1.807, 2.05) is 0 Å². The molecule has 1 aliphatic rings. The molecule has 0 bridgehead atoms. The van der Waals surface area contributed by atoms with E-state index in [1.54, 1.807) is 0 Å². The van der Waals surface area contributed by atoms with Crippen LogP contribution in [0.25, 0.3) is 27.5 Å². The van der Waals surface area contributed by atoms with E-state index in [0.717, 1.165) is 11.4 Å². The summed E-state index contributed by atoms with van der Waals surface area (Å²) in [6, 6.07) is 56.4. The van der Waals surface area contributed by atoms with Crippen molar-refractivity contribution in [3.05, 3.63) is 168 Å². The minimum absolute atomic E-state index is 0.0788. The van der Waals surface area contributed by atoms with Crippen LogP contribution in [0.1, 0.15) is 69.6 Å². The van der Waals surface area contributed by atoms with Gasteiger partial charge in [-0.05, 0) is 95.6 Å². The molecule has 1 heterocycles. The van der Waals surface area contributed by atoms with Gasteiger partial charge in [0.05, 0.1) is 11.0 Å². The number of hydrogen-bond donors (Lipinski definition) is 0. The highest BCUT2D eigenvalue weighted by Gasteiger charge is 2.35. The van der Waals surface area contributed by atoms with Crippen molar-refractivity contribution in [2.75, 3.05) is 4.90 Å². The van der Waals surface area contributed by atoms with Gasteiger partial charge in [0, 0.05) is 38.9 Å². The van der Waals surface area contributed by atoms with Crippen molar-refractivity contribution in [3.8, 4) is 5.69 Å². The molecule has 1 saturated carbocycles. The van der Waals surface area contributed by atoms with Gasteiger partial charge >= 0.3 is 0 Å². The highest BCUT2D eigenvalue weighted by atomic mass is 15.1. The first-order valence-corrected chi connectivity index (χ1v) is 17.6. The first-order chi connectivity index (χ1) is 23.4. The number of hydrogen-bond acceptors (Lipinski definition) is 1. The fourth-order valence-corrected chi connectivity index (χ4v) is 8.10. The van der Waals surface area contributed by atoms with Crippen LogP contribution in [0.3, 0.4) is 0 Å². The Bertz CT molecular complexity index is 2160. The molecule has 0 atom stereocenters. The average Bonchev–Trinajstić information content (AvgIpc) is 3.47. The lowest BCUT2D eigenvalue weighted by atomic mass is 9.65. The summed E-state index contributed by atoms with van der Waals surface area (Å²) < 4.78 is 2.39. The number of benzene rings is 6. The van der Waals surface area contributed by atoms with Gasteiger partial charge in [-0.15, -0.1) is 0 Å². The number of rotatable bonds is 6. The van der Waals surface area contributed by atoms with Crippen LogP contribution in [0.2, 0.25) is 0 Å². The fraction of sp³-hybridized carbons (Fsp3) is 0.217. The van der Waals surface area contributed by atoms with Crippen molar-refractivity contribution >= 4 is 38.9 Å². The predicted molar refractivity (Wildman–Crippen MR) is 204 cm³/mol. The molecular formula is C46H44N2. The summed E-state index contributed by atoms with van der Waals surface area (Å²) in [5, 5.41) is 2.52. The molecule has 0 amide bonds. The zero-order chi connectivity index (χ0) is 32.7. The van der Waals surface area contributed by atoms with Crippen molar-refractivity contribution in [1.82, 2.24) is 4.57 Å². The van der Waals surface area contributed by atoms with Crippen molar-refractivity contribution in [3.63, 3.8) is 0 Å². The Morgan fingerprint density at radius 1 is 0.500 bits per heavy atom. The lowest BCUT2D eigenvalue weighted by molar-refractivity contribution is 0.346. The Labute approximate surface area is 285 Å². The lowest BCUT2D eigenvalue weighted by Gasteiger charge is -2.39. The minimum atomic E-state index is 0.0788. The van der Waals surface area contributed by atoms with E-state index in [9.17, 15) is 0 Å². The highest BCUT2D eigenvalue weighted by Crippen LogP contribution is 2.46. The summed E-state index contributed by atoms with van der Waals surface area (Å²) in [5.41, 5.74) is 11.5. The second kappa shape index (κ2) is 12.2. The van der Waals surface area contributed by atoms with Crippen LogP contribution in [0, 0.1) is 0 Å². The largest absolute Gasteiger partial charge is 0.310 e. The quantitative estimate of drug-likeness (QED) is 0.179. The molecule has 0 saturated heterocycles. The summed E-state index contributed by atoms with van der Waals surface area (Å²) in [5.74, 6) is 0. The lowest BCUT2D eigenvalue weighted by Crippen LogP contribution is -2.30. The molecular weight excluding hydrogens is 581 g/mol. The van der Waals surface area contributed by atoms with E-state index < -0.39 is 0 Å². The molecule has 8 rings (SSSR count). The van der Waals surface area contributed by atoms with Gasteiger partial charge in [-0.3, -0.25) is 0 Å². The van der Waals surface area contributed by atoms with Crippen molar-refractivity contribution < 1.29 is 0 Å². The predicted octanol–water partition coefficient (Wildman–Crippen LogP) is 12.8. The molecule has 0 spiro atoms. The van der Waals surface area contributed by atoms with Crippen LogP contribution in [-0.4, -0.2) is 4.57 Å². The van der Waals surface area contributed by atoms with Gasteiger partial charge in [0.2, 0.25) is 0 Å². The van der Waals surface area contributed by atoms with Gasteiger partial charge in [-0.1, -0.05) is 131 Å². The first kappa shape index (κ1) is 30.3. The van der Waals surface area contributed by atoms with Crippen LogP contribution in [0.4, 0.5) is 17.1 Å². The molecule has 238 valence electrons. The van der Waals surface area contributed by atoms with E-state index in [-0.39, 0.29) is 10.8 Å². The van der Waals surface area contributed by atoms with Crippen molar-refractivity contribution in [2.45, 2.75) is 63.7 Å². The summed E-state index contributed by atoms with van der Waals surface area (Å²) in [4.78, 5) is 2.43. The molecule has 1 fully saturated rings. The zero-order valence-corrected chi connectivity index (χ0v) is 28.4. The average molecular weight is 625 g/mol. The monoisotopic (exact) mass is 624 g/mol. The highest BCUT2D eigenvalue weighted by molar-refractivity contribution is 6.10. The van der Waals surface area contributed by atoms with Gasteiger partial charge < -0.3 is 9.47 Å². The SMILES string of the molecule is CC(C)(C)c1ccc(N(c2ccc(C3(c4ccccc4)CCCCC3)cc2)c2ccc3c(c2)c2ccccc2n3-c2ccccc2)cc1. The summed E-state index contributed by atoms with van der Waals surface area (Å²) in [6.07, 6.45) is 6.29. The maximum Gasteiger partial charge on any atom is 0.0542 e. The Morgan fingerprint density at radius 2 is 1.04 bits per heavy atom. The molecule has 1 aliphatic carbocycles. The molecule has 0 N–H and O–H groups in total. The molecule has 1 aromatic heterocycles. The molecule has 6 aromatic carbocycles. The van der Waals surface area contributed by atoms with E-state index in [0.29, 0.717) is 0 Å². The van der Waals surface area contributed by atoms with E-state index >= 15 is 0 Å². The molecule has 7 aromatic rings. The van der Waals surface area contributed by atoms with Crippen molar-refractivity contribution in [1.29, 1.82) is 0 Å². The summed E-state index contributed by atoms with van der Waals surface area (Å²) in [7, 11) is 0. The van der Waals surface area contributed by atoms with E-state index in [2.05, 4.69) is 182 Å². The van der Waals surface area contributed by atoms with Gasteiger partial charge in [-0.2, -0.15) is 0 Å². The molecule has 0 radical (unpaired) electrons. The third-order valence-corrected chi connectivity index (χ3v) is 10.6. The van der Waals surface area contributed by atoms with Crippen LogP contribution >= 0.6 is 0 Å². The second-order valence-electron chi connectivity index (χ2n) is 14.6. The number of anilines is 3. The molecule has 2 nitrogen and oxygen atoms in total. The van der Waals surface area contributed by atoms with Crippen LogP contribution in [0.15, 0.2) is 152 Å². The standard InChI is InChI=1S/C46H44N2/c1-45(2,3)34-21-25-38(26-22-34)47(39-27-23-36(24-28-39)46(31-13-6-14-32-46)35-15-7-4-8-16-35)40-29-30-44-42(33-40)41-19-11-12-20-43(41)48(44)37-17-9-5-10-18-37/h4-5,7-12,15-30,33H,6,13-14,31-32H2,1-3H3. The van der Waals surface area contributed by atoms with Crippen molar-refractivity contribution in [2.24, 2.45) is 0 Å². The first-order valence-electron chi connectivity index (χ1n) is 17.6. The van der Waals surface area contributed by atoms with Crippen LogP contribution in [-0.2, 0) is 10.8 Å². The van der Waals surface area contributed by atoms with Gasteiger partial charge in [0.1, 0.15) is 0 Å². The maximum absolute atomic E-state index is 2.43. The smallest absolute Gasteiger partial charge is 0.0542 e. The number of aromatic nitrogens is 1. The zero-order valence-electron chi connectivity index (χ0n) is 28.4. The van der Waals surface area contributed by atoms with Gasteiger partial charge in [-0.25, -0.2) is 0 Å². The maximum atomic E-state index is 2.43. The Balaban J connectivity index is 1.28. The third kappa shape index (κ3) is 5.30. The number of para-hydroxylation sites is 2. The normalized spacial score (nSPS) is 14.7. The van der Waals surface area contributed by atoms with Gasteiger partial charge in [0.15, 0.2) is 0 Å². The summed E-state index contributed by atoms with van der Waals surface area (Å²) >= 11 is 0. The fourth-order valence-electron chi connectivity index (χ4n) is 8.10.